The minimum atomic E-state index is -4.96. The molecule has 2 rings (SSSR count). The number of carbonyl (C=O) groups excluding carboxylic acids is 1. The number of anilines is 1. The number of rotatable bonds is 8. The van der Waals surface area contributed by atoms with Gasteiger partial charge in [0.05, 0.1) is 5.02 Å². The van der Waals surface area contributed by atoms with Crippen molar-refractivity contribution in [1.82, 2.24) is 0 Å². The molecular weight excluding hydrogens is 535 g/mol. The van der Waals surface area contributed by atoms with Gasteiger partial charge in [-0.2, -0.15) is 0 Å². The van der Waals surface area contributed by atoms with Gasteiger partial charge in [0.25, 0.3) is 0 Å². The molecule has 1 atom stereocenters. The summed E-state index contributed by atoms with van der Waals surface area (Å²) in [5.74, 6) is -0.0976. The number of alkyl halides is 3. The van der Waals surface area contributed by atoms with E-state index in [2.05, 4.69) is 57.7 Å². The number of ether oxygens (including phenoxy) is 1. The molecular formula is C28H39ClF3NO4Si. The number of carboxylic acids is 1. The van der Waals surface area contributed by atoms with Gasteiger partial charge < -0.3 is 9.84 Å². The molecule has 1 aromatic carbocycles. The van der Waals surface area contributed by atoms with Crippen molar-refractivity contribution >= 4 is 37.2 Å². The highest BCUT2D eigenvalue weighted by Crippen LogP contribution is 2.43. The lowest BCUT2D eigenvalue weighted by Crippen LogP contribution is -2.60. The lowest BCUT2D eigenvalue weighted by atomic mass is 9.74. The second-order valence-electron chi connectivity index (χ2n) is 11.2. The molecule has 5 nitrogen and oxygen atoms in total. The van der Waals surface area contributed by atoms with Crippen LogP contribution in [0.2, 0.25) is 21.6 Å². The fraction of sp³-hybridized carbons (Fsp3) is 0.643. The van der Waals surface area contributed by atoms with E-state index >= 15 is 0 Å². The zero-order chi connectivity index (χ0) is 29.1. The number of aliphatic carboxylic acids is 1. The lowest BCUT2D eigenvalue weighted by molar-refractivity contribution is -0.274. The Morgan fingerprint density at radius 3 is 2.00 bits per heavy atom. The molecule has 1 saturated carbocycles. The number of carbonyl (C=O) groups is 2. The zero-order valence-corrected chi connectivity index (χ0v) is 25.0. The number of halogens is 4. The van der Waals surface area contributed by atoms with Crippen LogP contribution in [0.25, 0.3) is 0 Å². The third kappa shape index (κ3) is 6.68. The number of hydrogen-bond donors (Lipinski definition) is 1. The fourth-order valence-corrected chi connectivity index (χ4v) is 11.6. The summed E-state index contributed by atoms with van der Waals surface area (Å²) in [5, 5.41) is 10.1. The highest BCUT2D eigenvalue weighted by Gasteiger charge is 2.50. The zero-order valence-electron chi connectivity index (χ0n) is 23.2. The standard InChI is InChI=1S/C28H39ClF3NO4Si/c1-18(2)38(19(3)4,20(5)6)16-15-25(34)33(27(7,26(35)36)21-11-9-8-10-12-21)22-13-14-24(23(29)17-22)37-28(30,31)32/h13-14,17-21H,8-12H2,1-7H3,(H,35,36). The van der Waals surface area contributed by atoms with Crippen LogP contribution in [-0.4, -0.2) is 37.0 Å². The van der Waals surface area contributed by atoms with Gasteiger partial charge >= 0.3 is 18.2 Å². The molecule has 0 spiro atoms. The Morgan fingerprint density at radius 1 is 1.05 bits per heavy atom. The van der Waals surface area contributed by atoms with Crippen LogP contribution in [0.4, 0.5) is 18.9 Å². The molecule has 0 bridgehead atoms. The van der Waals surface area contributed by atoms with Crippen LogP contribution in [0.5, 0.6) is 5.75 Å². The maximum absolute atomic E-state index is 13.9. The van der Waals surface area contributed by atoms with E-state index in [0.717, 1.165) is 36.3 Å². The van der Waals surface area contributed by atoms with Gasteiger partial charge in [0.2, 0.25) is 0 Å². The number of amides is 1. The van der Waals surface area contributed by atoms with Gasteiger partial charge in [0.15, 0.2) is 0 Å². The number of carboxylic acid groups (broad SMARTS) is 1. The van der Waals surface area contributed by atoms with Gasteiger partial charge in [-0.3, -0.25) is 9.69 Å². The Balaban J connectivity index is 2.74. The molecule has 212 valence electrons. The van der Waals surface area contributed by atoms with Crippen molar-refractivity contribution in [3.8, 4) is 17.2 Å². The minimum Gasteiger partial charge on any atom is -0.479 e. The van der Waals surface area contributed by atoms with E-state index < -0.39 is 42.6 Å². The van der Waals surface area contributed by atoms with Gasteiger partial charge in [0, 0.05) is 5.69 Å². The van der Waals surface area contributed by atoms with Crippen molar-refractivity contribution in [2.75, 3.05) is 4.90 Å². The highest BCUT2D eigenvalue weighted by atomic mass is 35.5. The van der Waals surface area contributed by atoms with E-state index in [9.17, 15) is 27.9 Å². The predicted molar refractivity (Wildman–Crippen MR) is 147 cm³/mol. The summed E-state index contributed by atoms with van der Waals surface area (Å²) < 4.78 is 42.4. The molecule has 1 aliphatic carbocycles. The van der Waals surface area contributed by atoms with E-state index in [1.807, 2.05) is 0 Å². The smallest absolute Gasteiger partial charge is 0.479 e. The third-order valence-electron chi connectivity index (χ3n) is 8.15. The topological polar surface area (TPSA) is 66.8 Å². The number of hydrogen-bond acceptors (Lipinski definition) is 3. The van der Waals surface area contributed by atoms with Crippen molar-refractivity contribution < 1.29 is 32.6 Å². The van der Waals surface area contributed by atoms with Crippen LogP contribution in [-0.2, 0) is 9.59 Å². The first kappa shape index (κ1) is 32.0. The Bertz CT molecular complexity index is 1050. The highest BCUT2D eigenvalue weighted by molar-refractivity contribution is 6.90. The molecule has 0 saturated heterocycles. The Morgan fingerprint density at radius 2 is 1.58 bits per heavy atom. The van der Waals surface area contributed by atoms with Crippen LogP contribution in [0.1, 0.15) is 80.6 Å². The van der Waals surface area contributed by atoms with Gasteiger partial charge in [-0.15, -0.1) is 18.7 Å². The van der Waals surface area contributed by atoms with Gasteiger partial charge in [0.1, 0.15) is 19.4 Å². The summed E-state index contributed by atoms with van der Waals surface area (Å²) in [5.41, 5.74) is 2.46. The fourth-order valence-electron chi connectivity index (χ4n) is 6.20. The quantitative estimate of drug-likeness (QED) is 0.251. The summed E-state index contributed by atoms with van der Waals surface area (Å²) in [6, 6.07) is 3.37. The molecule has 0 aromatic heterocycles. The predicted octanol–water partition coefficient (Wildman–Crippen LogP) is 8.22. The summed E-state index contributed by atoms with van der Waals surface area (Å²) >= 11 is 6.13. The van der Waals surface area contributed by atoms with Crippen molar-refractivity contribution in [1.29, 1.82) is 0 Å². The number of nitrogens with zero attached hydrogens (tertiary/aromatic N) is 1. The summed E-state index contributed by atoms with van der Waals surface area (Å²) in [6.07, 6.45) is -1.13. The number of benzene rings is 1. The summed E-state index contributed by atoms with van der Waals surface area (Å²) in [7, 11) is -2.34. The Hall–Kier alpha value is -2.18. The van der Waals surface area contributed by atoms with Crippen LogP contribution in [0.3, 0.4) is 0 Å². The molecule has 0 heterocycles. The van der Waals surface area contributed by atoms with Crippen molar-refractivity contribution in [2.45, 2.75) is 109 Å². The molecule has 38 heavy (non-hydrogen) atoms. The van der Waals surface area contributed by atoms with Crippen LogP contribution < -0.4 is 9.64 Å². The largest absolute Gasteiger partial charge is 0.573 e. The average Bonchev–Trinajstić information content (AvgIpc) is 2.80. The van der Waals surface area contributed by atoms with Crippen molar-refractivity contribution in [3.05, 3.63) is 23.2 Å². The molecule has 1 N–H and O–H groups in total. The van der Waals surface area contributed by atoms with Crippen molar-refractivity contribution in [3.63, 3.8) is 0 Å². The molecule has 0 aliphatic heterocycles. The maximum Gasteiger partial charge on any atom is 0.573 e. The van der Waals surface area contributed by atoms with Gasteiger partial charge in [-0.25, -0.2) is 4.79 Å². The lowest BCUT2D eigenvalue weighted by Gasteiger charge is -2.44. The summed E-state index contributed by atoms with van der Waals surface area (Å²) in [6.45, 7) is 14.1. The second kappa shape index (κ2) is 12.3. The normalized spacial score (nSPS) is 16.7. The minimum absolute atomic E-state index is 0.0604. The molecule has 1 fully saturated rings. The molecule has 1 aromatic rings. The van der Waals surface area contributed by atoms with Crippen LogP contribution in [0, 0.1) is 17.4 Å². The molecule has 1 aliphatic rings. The van der Waals surface area contributed by atoms with E-state index in [-0.39, 0.29) is 28.2 Å². The van der Waals surface area contributed by atoms with E-state index in [0.29, 0.717) is 12.8 Å². The molecule has 1 unspecified atom stereocenters. The van der Waals surface area contributed by atoms with Gasteiger partial charge in [-0.1, -0.05) is 72.4 Å². The Kier molecular flexibility index (Phi) is 10.4. The third-order valence-corrected chi connectivity index (χ3v) is 14.7. The SMILES string of the molecule is CC(C)[Si](C#CC(=O)N(c1ccc(OC(F)(F)F)c(Cl)c1)C(C)(C(=O)O)C1CCCCC1)(C(C)C)C(C)C. The first-order valence-electron chi connectivity index (χ1n) is 13.1. The van der Waals surface area contributed by atoms with Gasteiger partial charge in [-0.05, 0) is 66.4 Å². The average molecular weight is 574 g/mol. The monoisotopic (exact) mass is 573 g/mol. The van der Waals surface area contributed by atoms with E-state index in [1.165, 1.54) is 13.0 Å². The first-order chi connectivity index (χ1) is 17.5. The second-order valence-corrected chi connectivity index (χ2v) is 17.2. The van der Waals surface area contributed by atoms with Crippen LogP contribution in [0.15, 0.2) is 18.2 Å². The molecule has 0 radical (unpaired) electrons. The van der Waals surface area contributed by atoms with Crippen LogP contribution >= 0.6 is 11.6 Å². The first-order valence-corrected chi connectivity index (χ1v) is 15.8. The summed E-state index contributed by atoms with van der Waals surface area (Å²) in [4.78, 5) is 27.9. The maximum atomic E-state index is 13.9. The Labute approximate surface area is 230 Å². The molecule has 1 amide bonds. The van der Waals surface area contributed by atoms with Crippen molar-refractivity contribution in [2.24, 2.45) is 5.92 Å². The molecule has 10 heteroatoms. The van der Waals surface area contributed by atoms with E-state index in [4.69, 9.17) is 11.6 Å². The van der Waals surface area contributed by atoms with E-state index in [1.54, 1.807) is 0 Å².